The fourth-order valence-corrected chi connectivity index (χ4v) is 2.92. The Bertz CT molecular complexity index is 599. The smallest absolute Gasteiger partial charge is 0.264 e. The van der Waals surface area contributed by atoms with E-state index >= 15 is 0 Å². The van der Waals surface area contributed by atoms with Crippen LogP contribution in [0.2, 0.25) is 0 Å². The second kappa shape index (κ2) is 6.98. The third-order valence-electron chi connectivity index (χ3n) is 2.59. The highest BCUT2D eigenvalue weighted by atomic mass is 79.9. The summed E-state index contributed by atoms with van der Waals surface area (Å²) in [5.74, 6) is 0. The molecule has 0 unspecified atom stereocenters. The van der Waals surface area contributed by atoms with Gasteiger partial charge in [-0.15, -0.1) is 0 Å². The maximum atomic E-state index is 11.8. The number of nitrogens with one attached hydrogen (secondary N) is 1. The predicted octanol–water partition coefficient (Wildman–Crippen LogP) is 2.56. The van der Waals surface area contributed by atoms with Crippen LogP contribution in [-0.4, -0.2) is 16.1 Å². The van der Waals surface area contributed by atoms with Crippen molar-refractivity contribution < 1.29 is 0 Å². The molecule has 0 amide bonds. The highest BCUT2D eigenvalue weighted by Gasteiger charge is 2.02. The molecule has 0 aliphatic carbocycles. The average molecular weight is 387 g/mol. The van der Waals surface area contributed by atoms with Crippen LogP contribution in [0.1, 0.15) is 5.56 Å². The molecule has 2 aromatic heterocycles. The minimum Gasteiger partial charge on any atom is -0.312 e. The maximum absolute atomic E-state index is 11.8. The Morgan fingerprint density at radius 1 is 1.37 bits per heavy atom. The highest BCUT2D eigenvalue weighted by molar-refractivity contribution is 9.11. The quantitative estimate of drug-likeness (QED) is 0.803. The van der Waals surface area contributed by atoms with Crippen molar-refractivity contribution in [1.29, 1.82) is 0 Å². The first-order chi connectivity index (χ1) is 9.16. The van der Waals surface area contributed by atoms with Gasteiger partial charge in [0.15, 0.2) is 0 Å². The lowest BCUT2D eigenvalue weighted by Gasteiger charge is -2.08. The molecule has 19 heavy (non-hydrogen) atoms. The van der Waals surface area contributed by atoms with Crippen LogP contribution in [0, 0.1) is 0 Å². The molecule has 0 fully saturated rings. The zero-order valence-electron chi connectivity index (χ0n) is 10.1. The molecule has 0 spiro atoms. The van der Waals surface area contributed by atoms with Crippen molar-refractivity contribution in [3.63, 3.8) is 0 Å². The summed E-state index contributed by atoms with van der Waals surface area (Å²) in [6.45, 7) is 2.09. The average Bonchev–Trinajstić information content (AvgIpc) is 2.41. The summed E-state index contributed by atoms with van der Waals surface area (Å²) >= 11 is 6.62. The number of aromatic nitrogens is 2. The van der Waals surface area contributed by atoms with E-state index in [2.05, 4.69) is 42.2 Å². The standard InChI is InChI=1S/C13H13Br2N3O/c14-11-6-12(15)13(19)18(9-11)5-4-17-8-10-2-1-3-16-7-10/h1-3,6-7,9,17H,4-5,8H2. The van der Waals surface area contributed by atoms with Crippen molar-refractivity contribution >= 4 is 31.9 Å². The van der Waals surface area contributed by atoms with E-state index in [1.807, 2.05) is 18.3 Å². The maximum Gasteiger partial charge on any atom is 0.264 e. The summed E-state index contributed by atoms with van der Waals surface area (Å²) in [6, 6.07) is 5.68. The summed E-state index contributed by atoms with van der Waals surface area (Å²) in [7, 11) is 0. The topological polar surface area (TPSA) is 46.9 Å². The van der Waals surface area contributed by atoms with Crippen LogP contribution in [-0.2, 0) is 13.1 Å². The summed E-state index contributed by atoms with van der Waals surface area (Å²) in [5, 5.41) is 3.29. The van der Waals surface area contributed by atoms with Crippen molar-refractivity contribution in [1.82, 2.24) is 14.9 Å². The molecule has 4 nitrogen and oxygen atoms in total. The van der Waals surface area contributed by atoms with Gasteiger partial charge in [0, 0.05) is 42.7 Å². The van der Waals surface area contributed by atoms with E-state index in [1.165, 1.54) is 0 Å². The van der Waals surface area contributed by atoms with Crippen LogP contribution in [0.15, 0.2) is 50.5 Å². The fraction of sp³-hybridized carbons (Fsp3) is 0.231. The van der Waals surface area contributed by atoms with Crippen LogP contribution < -0.4 is 10.9 Å². The molecule has 0 atom stereocenters. The molecule has 0 aromatic carbocycles. The Morgan fingerprint density at radius 3 is 2.95 bits per heavy atom. The van der Waals surface area contributed by atoms with Crippen molar-refractivity contribution in [3.05, 3.63) is 61.7 Å². The second-order valence-electron chi connectivity index (χ2n) is 4.04. The van der Waals surface area contributed by atoms with E-state index in [0.29, 0.717) is 11.0 Å². The Hall–Kier alpha value is -0.980. The van der Waals surface area contributed by atoms with Crippen LogP contribution in [0.25, 0.3) is 0 Å². The second-order valence-corrected chi connectivity index (χ2v) is 5.81. The molecule has 0 saturated carbocycles. The van der Waals surface area contributed by atoms with E-state index in [9.17, 15) is 4.79 Å². The fourth-order valence-electron chi connectivity index (χ4n) is 1.67. The van der Waals surface area contributed by atoms with Gasteiger partial charge >= 0.3 is 0 Å². The molecule has 100 valence electrons. The monoisotopic (exact) mass is 385 g/mol. The normalized spacial score (nSPS) is 10.6. The third kappa shape index (κ3) is 4.26. The molecule has 2 heterocycles. The molecular formula is C13H13Br2N3O. The number of nitrogens with zero attached hydrogens (tertiary/aromatic N) is 2. The number of rotatable bonds is 5. The molecule has 2 rings (SSSR count). The van der Waals surface area contributed by atoms with E-state index in [-0.39, 0.29) is 5.56 Å². The summed E-state index contributed by atoms with van der Waals surface area (Å²) in [4.78, 5) is 15.9. The van der Waals surface area contributed by atoms with E-state index in [4.69, 9.17) is 0 Å². The first-order valence-electron chi connectivity index (χ1n) is 5.82. The zero-order chi connectivity index (χ0) is 13.7. The van der Waals surface area contributed by atoms with E-state index in [0.717, 1.165) is 23.1 Å². The molecule has 1 N–H and O–H groups in total. The largest absolute Gasteiger partial charge is 0.312 e. The first kappa shape index (κ1) is 14.4. The Labute approximate surface area is 128 Å². The Kier molecular flexibility index (Phi) is 5.30. The van der Waals surface area contributed by atoms with Gasteiger partial charge in [0.2, 0.25) is 0 Å². The molecule has 6 heteroatoms. The van der Waals surface area contributed by atoms with Crippen LogP contribution >= 0.6 is 31.9 Å². The van der Waals surface area contributed by atoms with Crippen LogP contribution in [0.3, 0.4) is 0 Å². The van der Waals surface area contributed by atoms with Crippen LogP contribution in [0.5, 0.6) is 0 Å². The van der Waals surface area contributed by atoms with Crippen LogP contribution in [0.4, 0.5) is 0 Å². The zero-order valence-corrected chi connectivity index (χ0v) is 13.3. The third-order valence-corrected chi connectivity index (χ3v) is 3.59. The van der Waals surface area contributed by atoms with Gasteiger partial charge in [-0.1, -0.05) is 6.07 Å². The first-order valence-corrected chi connectivity index (χ1v) is 7.40. The summed E-state index contributed by atoms with van der Waals surface area (Å²) in [6.07, 6.45) is 5.37. The Balaban J connectivity index is 1.88. The lowest BCUT2D eigenvalue weighted by molar-refractivity contribution is 0.582. The van der Waals surface area contributed by atoms with Gasteiger partial charge in [-0.2, -0.15) is 0 Å². The number of halogens is 2. The van der Waals surface area contributed by atoms with Gasteiger partial charge in [-0.25, -0.2) is 0 Å². The number of hydrogen-bond donors (Lipinski definition) is 1. The van der Waals surface area contributed by atoms with Gasteiger partial charge in [0.1, 0.15) is 0 Å². The lowest BCUT2D eigenvalue weighted by atomic mass is 10.3. The molecule has 0 saturated heterocycles. The van der Waals surface area contributed by atoms with Gasteiger partial charge in [0.25, 0.3) is 5.56 Å². The molecular weight excluding hydrogens is 374 g/mol. The minimum atomic E-state index is -0.0219. The van der Waals surface area contributed by atoms with E-state index < -0.39 is 0 Å². The van der Waals surface area contributed by atoms with Crippen molar-refractivity contribution in [3.8, 4) is 0 Å². The molecule has 2 aromatic rings. The van der Waals surface area contributed by atoms with Gasteiger partial charge in [-0.3, -0.25) is 9.78 Å². The number of hydrogen-bond acceptors (Lipinski definition) is 3. The van der Waals surface area contributed by atoms with Gasteiger partial charge < -0.3 is 9.88 Å². The molecule has 0 bridgehead atoms. The van der Waals surface area contributed by atoms with Crippen molar-refractivity contribution in [2.75, 3.05) is 6.54 Å². The minimum absolute atomic E-state index is 0.0219. The summed E-state index contributed by atoms with van der Waals surface area (Å²) in [5.41, 5.74) is 1.11. The molecule has 0 aliphatic heterocycles. The molecule has 0 aliphatic rings. The predicted molar refractivity (Wildman–Crippen MR) is 82.0 cm³/mol. The van der Waals surface area contributed by atoms with Crippen molar-refractivity contribution in [2.45, 2.75) is 13.1 Å². The van der Waals surface area contributed by atoms with Crippen molar-refractivity contribution in [2.24, 2.45) is 0 Å². The lowest BCUT2D eigenvalue weighted by Crippen LogP contribution is -2.27. The SMILES string of the molecule is O=c1c(Br)cc(Br)cn1CCNCc1cccnc1. The summed E-state index contributed by atoms with van der Waals surface area (Å²) < 4.78 is 3.12. The van der Waals surface area contributed by atoms with Gasteiger partial charge in [0.05, 0.1) is 4.47 Å². The van der Waals surface area contributed by atoms with Gasteiger partial charge in [-0.05, 0) is 49.6 Å². The Morgan fingerprint density at radius 2 is 2.21 bits per heavy atom. The van der Waals surface area contributed by atoms with E-state index in [1.54, 1.807) is 23.0 Å². The highest BCUT2D eigenvalue weighted by Crippen LogP contribution is 2.12. The molecule has 0 radical (unpaired) electrons. The number of pyridine rings is 2.